The highest BCUT2D eigenvalue weighted by Crippen LogP contribution is 1.95. The molecule has 0 saturated carbocycles. The molecule has 66 valence electrons. The van der Waals surface area contributed by atoms with E-state index in [2.05, 4.69) is 0 Å². The Morgan fingerprint density at radius 3 is 2.00 bits per heavy atom. The summed E-state index contributed by atoms with van der Waals surface area (Å²) in [4.78, 5) is 8.56. The second-order valence-electron chi connectivity index (χ2n) is 1.38. The van der Waals surface area contributed by atoms with Crippen molar-refractivity contribution in [1.29, 1.82) is 0 Å². The summed E-state index contributed by atoms with van der Waals surface area (Å²) in [6.45, 7) is 1.89. The highest BCUT2D eigenvalue weighted by molar-refractivity contribution is 6.19. The Hall–Kier alpha value is -0.900. The zero-order valence-electron chi connectivity index (χ0n) is 6.37. The molecule has 0 aromatic carbocycles. The average molecular weight is 183 g/mol. The van der Waals surface area contributed by atoms with Crippen LogP contribution < -0.4 is 0 Å². The molecule has 0 aliphatic rings. The Kier molecular flexibility index (Phi) is 10.5. The van der Waals surface area contributed by atoms with E-state index in [0.29, 0.717) is 5.88 Å². The van der Waals surface area contributed by atoms with Crippen LogP contribution in [0.1, 0.15) is 6.92 Å². The number of ether oxygens (including phenoxy) is 1. The second kappa shape index (κ2) is 9.10. The molecule has 0 fully saturated rings. The molecule has 0 spiro atoms. The lowest BCUT2D eigenvalue weighted by Gasteiger charge is -1.96. The molecule has 2 N–H and O–H groups in total. The largest absolute Gasteiger partial charge is 0.503 e. The van der Waals surface area contributed by atoms with Gasteiger partial charge in [0.2, 0.25) is 0 Å². The number of methoxy groups -OCH3 is 1. The lowest BCUT2D eigenvalue weighted by molar-refractivity contribution is 0.137. The van der Waals surface area contributed by atoms with E-state index in [1.54, 1.807) is 7.11 Å². The minimum Gasteiger partial charge on any atom is -0.500 e. The zero-order chi connectivity index (χ0) is 9.28. The summed E-state index contributed by atoms with van der Waals surface area (Å²) in [5.74, 6) is 1.29. The van der Waals surface area contributed by atoms with E-state index in [0.717, 1.165) is 5.76 Å². The van der Waals surface area contributed by atoms with Crippen molar-refractivity contribution in [2.75, 3.05) is 13.0 Å². The van der Waals surface area contributed by atoms with Gasteiger partial charge in [0.1, 0.15) is 5.76 Å². The van der Waals surface area contributed by atoms with Crippen LogP contribution in [0.3, 0.4) is 0 Å². The van der Waals surface area contributed by atoms with Gasteiger partial charge in [-0.3, -0.25) is 0 Å². The molecular weight excluding hydrogens is 172 g/mol. The van der Waals surface area contributed by atoms with E-state index in [4.69, 9.17) is 31.3 Å². The van der Waals surface area contributed by atoms with Gasteiger partial charge in [-0.15, -0.1) is 11.6 Å². The van der Waals surface area contributed by atoms with Crippen molar-refractivity contribution in [3.05, 3.63) is 11.8 Å². The SMILES string of the molecule is C/C=C(\CCl)OC.O=C(O)O. The monoisotopic (exact) mass is 182 g/mol. The highest BCUT2D eigenvalue weighted by atomic mass is 35.5. The average Bonchev–Trinajstić information content (AvgIpc) is 1.90. The number of carboxylic acid groups (broad SMARTS) is 2. The standard InChI is InChI=1S/C5H9ClO.CH2O3/c1-3-5(4-6)7-2;2-1(3)4/h3H,4H2,1-2H3;(H2,2,3,4)/b5-3+;. The van der Waals surface area contributed by atoms with Gasteiger partial charge in [-0.1, -0.05) is 0 Å². The van der Waals surface area contributed by atoms with Gasteiger partial charge in [-0.25, -0.2) is 4.79 Å². The van der Waals surface area contributed by atoms with E-state index in [1.165, 1.54) is 0 Å². The summed E-state index contributed by atoms with van der Waals surface area (Å²) in [6, 6.07) is 0. The molecule has 5 heteroatoms. The lowest BCUT2D eigenvalue weighted by Crippen LogP contribution is -1.84. The molecule has 0 atom stereocenters. The predicted molar refractivity (Wildman–Crippen MR) is 42.1 cm³/mol. The van der Waals surface area contributed by atoms with Crippen molar-refractivity contribution in [2.45, 2.75) is 6.92 Å². The smallest absolute Gasteiger partial charge is 0.500 e. The molecule has 0 radical (unpaired) electrons. The number of rotatable bonds is 2. The van der Waals surface area contributed by atoms with Crippen LogP contribution >= 0.6 is 11.6 Å². The van der Waals surface area contributed by atoms with Crippen molar-refractivity contribution < 1.29 is 19.7 Å². The first-order chi connectivity index (χ1) is 5.08. The summed E-state index contributed by atoms with van der Waals surface area (Å²) in [5.41, 5.74) is 0. The number of hydrogen-bond acceptors (Lipinski definition) is 2. The van der Waals surface area contributed by atoms with Crippen molar-refractivity contribution in [2.24, 2.45) is 0 Å². The maximum atomic E-state index is 8.56. The first-order valence-electron chi connectivity index (χ1n) is 2.75. The minimum absolute atomic E-state index is 0.465. The Bertz CT molecular complexity index is 123. The van der Waals surface area contributed by atoms with Crippen LogP contribution in [0.4, 0.5) is 4.79 Å². The molecule has 0 heterocycles. The summed E-state index contributed by atoms with van der Waals surface area (Å²) < 4.78 is 4.78. The fraction of sp³-hybridized carbons (Fsp3) is 0.500. The summed E-state index contributed by atoms with van der Waals surface area (Å²) in [7, 11) is 1.61. The van der Waals surface area contributed by atoms with Crippen LogP contribution in [0.25, 0.3) is 0 Å². The molecule has 0 rings (SSSR count). The van der Waals surface area contributed by atoms with Crippen molar-refractivity contribution >= 4 is 17.8 Å². The fourth-order valence-corrected chi connectivity index (χ4v) is 0.513. The van der Waals surface area contributed by atoms with Gasteiger partial charge in [0.05, 0.1) is 13.0 Å². The van der Waals surface area contributed by atoms with Gasteiger partial charge in [0.15, 0.2) is 0 Å². The van der Waals surface area contributed by atoms with Gasteiger partial charge in [-0.2, -0.15) is 0 Å². The van der Waals surface area contributed by atoms with Gasteiger partial charge >= 0.3 is 6.16 Å². The second-order valence-corrected chi connectivity index (χ2v) is 1.64. The van der Waals surface area contributed by atoms with Crippen LogP contribution in [0.5, 0.6) is 0 Å². The number of alkyl halides is 1. The van der Waals surface area contributed by atoms with Crippen molar-refractivity contribution in [3.8, 4) is 0 Å². The third-order valence-electron chi connectivity index (χ3n) is 0.716. The summed E-state index contributed by atoms with van der Waals surface area (Å²) >= 11 is 5.37. The number of allylic oxidation sites excluding steroid dienone is 2. The molecule has 0 aliphatic heterocycles. The van der Waals surface area contributed by atoms with E-state index >= 15 is 0 Å². The third-order valence-corrected chi connectivity index (χ3v) is 0.979. The Morgan fingerprint density at radius 1 is 1.64 bits per heavy atom. The molecule has 0 aromatic heterocycles. The first-order valence-corrected chi connectivity index (χ1v) is 3.29. The molecule has 0 saturated heterocycles. The van der Waals surface area contributed by atoms with E-state index in [9.17, 15) is 0 Å². The maximum Gasteiger partial charge on any atom is 0.503 e. The zero-order valence-corrected chi connectivity index (χ0v) is 7.13. The third kappa shape index (κ3) is 17.6. The molecule has 0 bridgehead atoms. The first kappa shape index (κ1) is 12.7. The van der Waals surface area contributed by atoms with Crippen molar-refractivity contribution in [3.63, 3.8) is 0 Å². The molecule has 0 unspecified atom stereocenters. The van der Waals surface area contributed by atoms with Crippen molar-refractivity contribution in [1.82, 2.24) is 0 Å². The topological polar surface area (TPSA) is 66.8 Å². The summed E-state index contributed by atoms with van der Waals surface area (Å²) in [6.07, 6.45) is 0.00694. The Morgan fingerprint density at radius 2 is 2.00 bits per heavy atom. The van der Waals surface area contributed by atoms with Gasteiger partial charge in [0, 0.05) is 0 Å². The van der Waals surface area contributed by atoms with Crippen LogP contribution in [-0.2, 0) is 4.74 Å². The van der Waals surface area contributed by atoms with E-state index in [1.807, 2.05) is 13.0 Å². The maximum absolute atomic E-state index is 8.56. The number of halogens is 1. The molecule has 0 aromatic rings. The number of carbonyl (C=O) groups is 1. The normalized spacial score (nSPS) is 9.55. The van der Waals surface area contributed by atoms with Gasteiger partial charge in [-0.05, 0) is 13.0 Å². The fourth-order valence-electron chi connectivity index (χ4n) is 0.250. The molecule has 4 nitrogen and oxygen atoms in total. The molecule has 0 amide bonds. The number of hydrogen-bond donors (Lipinski definition) is 2. The van der Waals surface area contributed by atoms with Crippen LogP contribution in [0, 0.1) is 0 Å². The molecule has 0 aliphatic carbocycles. The predicted octanol–water partition coefficient (Wildman–Crippen LogP) is 2.00. The lowest BCUT2D eigenvalue weighted by atomic mass is 10.5. The molecule has 11 heavy (non-hydrogen) atoms. The molecular formula is C6H11ClO4. The van der Waals surface area contributed by atoms with E-state index < -0.39 is 6.16 Å². The quantitative estimate of drug-likeness (QED) is 0.506. The Balaban J connectivity index is 0. The summed E-state index contributed by atoms with van der Waals surface area (Å²) in [5, 5.41) is 13.9. The van der Waals surface area contributed by atoms with Crippen LogP contribution in [-0.4, -0.2) is 29.4 Å². The van der Waals surface area contributed by atoms with Gasteiger partial charge in [0.25, 0.3) is 0 Å². The van der Waals surface area contributed by atoms with E-state index in [-0.39, 0.29) is 0 Å². The highest BCUT2D eigenvalue weighted by Gasteiger charge is 1.84. The van der Waals surface area contributed by atoms with Crippen LogP contribution in [0.15, 0.2) is 11.8 Å². The van der Waals surface area contributed by atoms with Gasteiger partial charge < -0.3 is 14.9 Å². The Labute approximate surface area is 70.0 Å². The van der Waals surface area contributed by atoms with Crippen LogP contribution in [0.2, 0.25) is 0 Å². The minimum atomic E-state index is -1.83.